The normalized spacial score (nSPS) is 10.7. The van der Waals surface area contributed by atoms with Crippen LogP contribution in [-0.4, -0.2) is 5.78 Å². The molecule has 0 unspecified atom stereocenters. The van der Waals surface area contributed by atoms with E-state index >= 15 is 0 Å². The number of hydrogen-bond donors (Lipinski definition) is 0. The number of ketones is 1. The lowest BCUT2D eigenvalue weighted by Gasteiger charge is -2.12. The smallest absolute Gasteiger partial charge is 0.168 e. The zero-order valence-electron chi connectivity index (χ0n) is 12.4. The van der Waals surface area contributed by atoms with Gasteiger partial charge >= 0.3 is 0 Å². The molecule has 0 saturated heterocycles. The molecular formula is C18H19ClO. The molecule has 2 rings (SSSR count). The summed E-state index contributed by atoms with van der Waals surface area (Å²) in [5, 5.41) is 0.569. The second-order valence-electron chi connectivity index (χ2n) is 5.41. The van der Waals surface area contributed by atoms with Crippen molar-refractivity contribution in [1.29, 1.82) is 0 Å². The molecule has 0 spiro atoms. The van der Waals surface area contributed by atoms with Gasteiger partial charge < -0.3 is 0 Å². The fourth-order valence-electron chi connectivity index (χ4n) is 2.61. The van der Waals surface area contributed by atoms with Crippen LogP contribution in [0.3, 0.4) is 0 Å². The van der Waals surface area contributed by atoms with Crippen molar-refractivity contribution in [3.63, 3.8) is 0 Å². The summed E-state index contributed by atoms with van der Waals surface area (Å²) < 4.78 is 0. The van der Waals surface area contributed by atoms with E-state index in [4.69, 9.17) is 11.6 Å². The fourth-order valence-corrected chi connectivity index (χ4v) is 2.84. The highest BCUT2D eigenvalue weighted by molar-refractivity contribution is 6.34. The second kappa shape index (κ2) is 5.80. The minimum absolute atomic E-state index is 0.0775. The van der Waals surface area contributed by atoms with Crippen LogP contribution in [0.25, 0.3) is 0 Å². The molecule has 1 nitrogen and oxygen atoms in total. The van der Waals surface area contributed by atoms with E-state index < -0.39 is 0 Å². The molecule has 20 heavy (non-hydrogen) atoms. The van der Waals surface area contributed by atoms with Crippen LogP contribution in [0.1, 0.15) is 38.2 Å². The summed E-state index contributed by atoms with van der Waals surface area (Å²) in [5.41, 5.74) is 6.23. The van der Waals surface area contributed by atoms with Gasteiger partial charge in [-0.2, -0.15) is 0 Å². The van der Waals surface area contributed by atoms with Crippen molar-refractivity contribution in [2.24, 2.45) is 0 Å². The van der Waals surface area contributed by atoms with Crippen molar-refractivity contribution < 1.29 is 4.79 Å². The van der Waals surface area contributed by atoms with Crippen LogP contribution in [0, 0.1) is 27.7 Å². The van der Waals surface area contributed by atoms with Crippen LogP contribution < -0.4 is 0 Å². The van der Waals surface area contributed by atoms with E-state index in [-0.39, 0.29) is 5.78 Å². The molecule has 0 aliphatic heterocycles. The first kappa shape index (κ1) is 14.8. The van der Waals surface area contributed by atoms with Crippen LogP contribution >= 0.6 is 11.6 Å². The van der Waals surface area contributed by atoms with E-state index in [0.717, 1.165) is 11.1 Å². The topological polar surface area (TPSA) is 17.1 Å². The maximum Gasteiger partial charge on any atom is 0.168 e. The quantitative estimate of drug-likeness (QED) is 0.726. The summed E-state index contributed by atoms with van der Waals surface area (Å²) in [4.78, 5) is 12.5. The van der Waals surface area contributed by atoms with Crippen molar-refractivity contribution in [1.82, 2.24) is 0 Å². The van der Waals surface area contributed by atoms with Gasteiger partial charge in [0.25, 0.3) is 0 Å². The van der Waals surface area contributed by atoms with Crippen molar-refractivity contribution in [2.75, 3.05) is 0 Å². The Hall–Kier alpha value is -1.60. The van der Waals surface area contributed by atoms with Crippen molar-refractivity contribution in [2.45, 2.75) is 34.1 Å². The van der Waals surface area contributed by atoms with E-state index in [2.05, 4.69) is 32.9 Å². The van der Waals surface area contributed by atoms with Gasteiger partial charge in [0, 0.05) is 12.0 Å². The number of rotatable bonds is 3. The molecule has 0 heterocycles. The Morgan fingerprint density at radius 1 is 1.00 bits per heavy atom. The minimum Gasteiger partial charge on any atom is -0.294 e. The predicted molar refractivity (Wildman–Crippen MR) is 84.9 cm³/mol. The van der Waals surface area contributed by atoms with E-state index in [1.807, 2.05) is 19.1 Å². The second-order valence-corrected chi connectivity index (χ2v) is 5.79. The molecule has 2 aromatic carbocycles. The van der Waals surface area contributed by atoms with Gasteiger partial charge in [0.05, 0.1) is 5.02 Å². The van der Waals surface area contributed by atoms with Gasteiger partial charge in [0.15, 0.2) is 5.78 Å². The van der Waals surface area contributed by atoms with Gasteiger partial charge in [-0.1, -0.05) is 41.4 Å². The molecule has 0 N–H and O–H groups in total. The summed E-state index contributed by atoms with van der Waals surface area (Å²) in [7, 11) is 0. The van der Waals surface area contributed by atoms with E-state index in [1.165, 1.54) is 16.7 Å². The Morgan fingerprint density at radius 3 is 2.20 bits per heavy atom. The third kappa shape index (κ3) is 2.94. The number of Topliss-reactive ketones (excluding diaryl/α,β-unsaturated/α-hetero) is 1. The van der Waals surface area contributed by atoms with Crippen LogP contribution in [0.2, 0.25) is 5.02 Å². The van der Waals surface area contributed by atoms with Gasteiger partial charge in [-0.05, 0) is 56.0 Å². The van der Waals surface area contributed by atoms with Crippen LogP contribution in [0.15, 0.2) is 30.3 Å². The molecule has 0 atom stereocenters. The largest absolute Gasteiger partial charge is 0.294 e. The van der Waals surface area contributed by atoms with Gasteiger partial charge in [0.2, 0.25) is 0 Å². The Bertz CT molecular complexity index is 648. The van der Waals surface area contributed by atoms with Gasteiger partial charge in [-0.3, -0.25) is 4.79 Å². The number of carbonyl (C=O) groups is 1. The first-order valence-electron chi connectivity index (χ1n) is 6.75. The molecule has 0 amide bonds. The van der Waals surface area contributed by atoms with E-state index in [9.17, 15) is 4.79 Å². The molecule has 104 valence electrons. The van der Waals surface area contributed by atoms with Crippen LogP contribution in [0.5, 0.6) is 0 Å². The maximum atomic E-state index is 12.5. The average molecular weight is 287 g/mol. The van der Waals surface area contributed by atoms with Gasteiger partial charge in [-0.25, -0.2) is 0 Å². The lowest BCUT2D eigenvalue weighted by atomic mass is 9.93. The molecule has 0 aliphatic rings. The minimum atomic E-state index is 0.0775. The molecule has 0 aliphatic carbocycles. The van der Waals surface area contributed by atoms with Gasteiger partial charge in [-0.15, -0.1) is 0 Å². The summed E-state index contributed by atoms with van der Waals surface area (Å²) >= 11 is 6.24. The summed E-state index contributed by atoms with van der Waals surface area (Å²) in [6.07, 6.45) is 0.404. The number of carbonyl (C=O) groups excluding carboxylic acids is 1. The number of hydrogen-bond acceptors (Lipinski definition) is 1. The number of aryl methyl sites for hydroxylation is 4. The molecule has 0 radical (unpaired) electrons. The first-order chi connectivity index (χ1) is 9.40. The van der Waals surface area contributed by atoms with E-state index in [0.29, 0.717) is 17.0 Å². The van der Waals surface area contributed by atoms with Crippen LogP contribution in [-0.2, 0) is 6.42 Å². The molecule has 2 aromatic rings. The fraction of sp³-hybridized carbons (Fsp3) is 0.278. The highest BCUT2D eigenvalue weighted by Gasteiger charge is 2.15. The van der Waals surface area contributed by atoms with Gasteiger partial charge in [0.1, 0.15) is 0 Å². The summed E-state index contributed by atoms with van der Waals surface area (Å²) in [5.74, 6) is 0.0775. The molecule has 2 heteroatoms. The predicted octanol–water partition coefficient (Wildman–Crippen LogP) is 5.00. The molecule has 0 fully saturated rings. The summed E-state index contributed by atoms with van der Waals surface area (Å²) in [6.45, 7) is 8.10. The Labute approximate surface area is 125 Å². The van der Waals surface area contributed by atoms with Crippen molar-refractivity contribution >= 4 is 17.4 Å². The molecule has 0 saturated carbocycles. The summed E-state index contributed by atoms with van der Waals surface area (Å²) in [6, 6.07) is 9.84. The Balaban J connectivity index is 2.36. The SMILES string of the molecule is Cc1cc(C)c(CC(=O)c2cccc(C)c2Cl)c(C)c1. The van der Waals surface area contributed by atoms with Crippen molar-refractivity contribution in [3.8, 4) is 0 Å². The third-order valence-electron chi connectivity index (χ3n) is 3.67. The number of halogens is 1. The number of benzene rings is 2. The zero-order chi connectivity index (χ0) is 14.9. The average Bonchev–Trinajstić information content (AvgIpc) is 2.36. The highest BCUT2D eigenvalue weighted by Crippen LogP contribution is 2.24. The molecule has 0 bridgehead atoms. The van der Waals surface area contributed by atoms with Crippen molar-refractivity contribution in [3.05, 3.63) is 68.7 Å². The molecule has 0 aromatic heterocycles. The Kier molecular flexibility index (Phi) is 4.29. The standard InChI is InChI=1S/C18H19ClO/c1-11-8-13(3)16(14(4)9-11)10-17(20)15-7-5-6-12(2)18(15)19/h5-9H,10H2,1-4H3. The molecular weight excluding hydrogens is 268 g/mol. The lowest BCUT2D eigenvalue weighted by molar-refractivity contribution is 0.0992. The lowest BCUT2D eigenvalue weighted by Crippen LogP contribution is -2.08. The highest BCUT2D eigenvalue weighted by atomic mass is 35.5. The monoisotopic (exact) mass is 286 g/mol. The zero-order valence-corrected chi connectivity index (χ0v) is 13.1. The third-order valence-corrected chi connectivity index (χ3v) is 4.17. The Morgan fingerprint density at radius 2 is 1.60 bits per heavy atom. The maximum absolute atomic E-state index is 12.5. The van der Waals surface area contributed by atoms with Crippen LogP contribution in [0.4, 0.5) is 0 Å². The van der Waals surface area contributed by atoms with E-state index in [1.54, 1.807) is 6.07 Å². The first-order valence-corrected chi connectivity index (χ1v) is 7.13.